The minimum Gasteiger partial charge on any atom is -0.489 e. The average Bonchev–Trinajstić information content (AvgIpc) is 2.40. The first-order valence-corrected chi connectivity index (χ1v) is 5.80. The number of carboxylic acid groups (broad SMARTS) is 1. The Kier molecular flexibility index (Phi) is 3.70. The molecule has 8 nitrogen and oxygen atoms in total. The van der Waals surface area contributed by atoms with Gasteiger partial charge in [0.05, 0.1) is 13.4 Å². The highest BCUT2D eigenvalue weighted by Gasteiger charge is 2.41. The van der Waals surface area contributed by atoms with Gasteiger partial charge < -0.3 is 24.9 Å². The molecule has 0 bridgehead atoms. The molecule has 1 aliphatic heterocycles. The Hall–Kier alpha value is -2.09. The number of ether oxygens (including phenoxy) is 2. The maximum Gasteiger partial charge on any atom is 0.329 e. The summed E-state index contributed by atoms with van der Waals surface area (Å²) in [5.74, 6) is -0.912. The topological polar surface area (TPSA) is 114 Å². The van der Waals surface area contributed by atoms with E-state index in [1.165, 1.54) is 13.4 Å². The van der Waals surface area contributed by atoms with Gasteiger partial charge in [-0.3, -0.25) is 4.79 Å². The van der Waals surface area contributed by atoms with Crippen LogP contribution < -0.4 is 15.6 Å². The van der Waals surface area contributed by atoms with E-state index in [2.05, 4.69) is 15.3 Å². The lowest BCUT2D eigenvalue weighted by molar-refractivity contribution is -0.145. The molecule has 1 aromatic heterocycles. The number of aromatic amines is 1. The molecule has 8 heteroatoms. The summed E-state index contributed by atoms with van der Waals surface area (Å²) in [4.78, 5) is 29.3. The van der Waals surface area contributed by atoms with Gasteiger partial charge in [-0.25, -0.2) is 9.78 Å². The Morgan fingerprint density at radius 2 is 2.26 bits per heavy atom. The molecule has 0 atom stereocenters. The van der Waals surface area contributed by atoms with E-state index in [-0.39, 0.29) is 11.6 Å². The van der Waals surface area contributed by atoms with Crippen LogP contribution in [-0.4, -0.2) is 46.9 Å². The number of methoxy groups -OCH3 is 1. The summed E-state index contributed by atoms with van der Waals surface area (Å²) in [6, 6.07) is 0. The lowest BCUT2D eigenvalue weighted by Gasteiger charge is -2.34. The van der Waals surface area contributed by atoms with Crippen LogP contribution in [0.5, 0.6) is 5.75 Å². The molecule has 1 saturated heterocycles. The second-order valence-electron chi connectivity index (χ2n) is 4.24. The largest absolute Gasteiger partial charge is 0.489 e. The predicted octanol–water partition coefficient (Wildman–Crippen LogP) is -0.176. The van der Waals surface area contributed by atoms with E-state index in [0.717, 1.165) is 0 Å². The molecule has 19 heavy (non-hydrogen) atoms. The Bertz CT molecular complexity index is 521. The smallest absolute Gasteiger partial charge is 0.329 e. The Balaban J connectivity index is 2.35. The number of nitrogens with one attached hydrogen (secondary N) is 2. The first kappa shape index (κ1) is 13.3. The molecule has 0 spiro atoms. The highest BCUT2D eigenvalue weighted by molar-refractivity contribution is 5.83. The molecule has 0 unspecified atom stereocenters. The molecule has 0 aromatic carbocycles. The maximum absolute atomic E-state index is 11.6. The van der Waals surface area contributed by atoms with Crippen molar-refractivity contribution in [3.05, 3.63) is 16.7 Å². The van der Waals surface area contributed by atoms with Crippen molar-refractivity contribution in [3.63, 3.8) is 0 Å². The van der Waals surface area contributed by atoms with Gasteiger partial charge in [-0.05, 0) is 0 Å². The fraction of sp³-hybridized carbons (Fsp3) is 0.545. The number of nitrogens with zero attached hydrogens (tertiary/aromatic N) is 1. The van der Waals surface area contributed by atoms with E-state index in [4.69, 9.17) is 9.47 Å². The molecule has 2 heterocycles. The van der Waals surface area contributed by atoms with Gasteiger partial charge >= 0.3 is 5.97 Å². The van der Waals surface area contributed by atoms with Crippen LogP contribution in [0.1, 0.15) is 12.8 Å². The summed E-state index contributed by atoms with van der Waals surface area (Å²) in [6.45, 7) is 0.676. The highest BCUT2D eigenvalue weighted by Crippen LogP contribution is 2.28. The van der Waals surface area contributed by atoms with Crippen LogP contribution >= 0.6 is 0 Å². The summed E-state index contributed by atoms with van der Waals surface area (Å²) >= 11 is 0. The van der Waals surface area contributed by atoms with Gasteiger partial charge in [0, 0.05) is 26.1 Å². The quantitative estimate of drug-likeness (QED) is 0.695. The number of anilines is 1. The first-order chi connectivity index (χ1) is 9.09. The fourth-order valence-electron chi connectivity index (χ4n) is 2.00. The van der Waals surface area contributed by atoms with E-state index >= 15 is 0 Å². The van der Waals surface area contributed by atoms with E-state index in [1.807, 2.05) is 0 Å². The SMILES string of the molecule is COc1c(NC2(C(=O)O)CCOCC2)nc[nH]c1=O. The molecule has 0 radical (unpaired) electrons. The van der Waals surface area contributed by atoms with Crippen LogP contribution in [0.25, 0.3) is 0 Å². The van der Waals surface area contributed by atoms with Gasteiger partial charge in [-0.1, -0.05) is 0 Å². The first-order valence-electron chi connectivity index (χ1n) is 5.80. The molecule has 3 N–H and O–H groups in total. The summed E-state index contributed by atoms with van der Waals surface area (Å²) in [7, 11) is 1.33. The number of carboxylic acids is 1. The lowest BCUT2D eigenvalue weighted by atomic mass is 9.90. The van der Waals surface area contributed by atoms with Crippen LogP contribution in [0, 0.1) is 0 Å². The van der Waals surface area contributed by atoms with Crippen molar-refractivity contribution < 1.29 is 19.4 Å². The number of hydrogen-bond acceptors (Lipinski definition) is 6. The van der Waals surface area contributed by atoms with Crippen LogP contribution in [-0.2, 0) is 9.53 Å². The molecule has 0 aliphatic carbocycles. The van der Waals surface area contributed by atoms with Crippen molar-refractivity contribution in [2.45, 2.75) is 18.4 Å². The summed E-state index contributed by atoms with van der Waals surface area (Å²) < 4.78 is 10.1. The number of aliphatic carboxylic acids is 1. The Morgan fingerprint density at radius 1 is 1.58 bits per heavy atom. The van der Waals surface area contributed by atoms with Crippen molar-refractivity contribution in [1.29, 1.82) is 0 Å². The molecule has 0 saturated carbocycles. The molecule has 104 valence electrons. The van der Waals surface area contributed by atoms with Crippen molar-refractivity contribution in [1.82, 2.24) is 9.97 Å². The van der Waals surface area contributed by atoms with Crippen molar-refractivity contribution in [3.8, 4) is 5.75 Å². The third-order valence-electron chi connectivity index (χ3n) is 3.13. The maximum atomic E-state index is 11.6. The van der Waals surface area contributed by atoms with E-state index in [0.29, 0.717) is 26.1 Å². The third-order valence-corrected chi connectivity index (χ3v) is 3.13. The van der Waals surface area contributed by atoms with Gasteiger partial charge in [-0.2, -0.15) is 0 Å². The molecule has 2 rings (SSSR count). The normalized spacial score (nSPS) is 17.7. The molecule has 1 aliphatic rings. The third kappa shape index (κ3) is 2.53. The number of aromatic nitrogens is 2. The van der Waals surface area contributed by atoms with Crippen LogP contribution in [0.4, 0.5) is 5.82 Å². The highest BCUT2D eigenvalue weighted by atomic mass is 16.5. The van der Waals surface area contributed by atoms with Crippen molar-refractivity contribution in [2.24, 2.45) is 0 Å². The minimum absolute atomic E-state index is 0.0328. The Morgan fingerprint density at radius 3 is 2.84 bits per heavy atom. The molecular weight excluding hydrogens is 254 g/mol. The summed E-state index contributed by atoms with van der Waals surface area (Å²) in [5.41, 5.74) is -1.65. The zero-order valence-electron chi connectivity index (χ0n) is 10.4. The zero-order valence-corrected chi connectivity index (χ0v) is 10.4. The number of carbonyl (C=O) groups is 1. The van der Waals surface area contributed by atoms with Crippen molar-refractivity contribution >= 4 is 11.8 Å². The van der Waals surface area contributed by atoms with E-state index in [1.54, 1.807) is 0 Å². The summed E-state index contributed by atoms with van der Waals surface area (Å²) in [6.07, 6.45) is 1.78. The predicted molar refractivity (Wildman–Crippen MR) is 65.5 cm³/mol. The van der Waals surface area contributed by atoms with E-state index in [9.17, 15) is 14.7 Å². The molecule has 1 fully saturated rings. The van der Waals surface area contributed by atoms with Gasteiger partial charge in [0.1, 0.15) is 5.54 Å². The van der Waals surface area contributed by atoms with E-state index < -0.39 is 17.1 Å². The number of hydrogen-bond donors (Lipinski definition) is 3. The standard InChI is InChI=1S/C11H15N3O5/c1-18-7-8(12-6-13-9(7)15)14-11(10(16)17)2-4-19-5-3-11/h6H,2-5H2,1H3,(H,16,17)(H2,12,13,14,15). The Labute approximate surface area is 108 Å². The van der Waals surface area contributed by atoms with Gasteiger partial charge in [0.15, 0.2) is 5.82 Å². The second kappa shape index (κ2) is 5.27. The number of H-pyrrole nitrogens is 1. The monoisotopic (exact) mass is 269 g/mol. The fourth-order valence-corrected chi connectivity index (χ4v) is 2.00. The van der Waals surface area contributed by atoms with Crippen molar-refractivity contribution in [2.75, 3.05) is 25.6 Å². The van der Waals surface area contributed by atoms with Gasteiger partial charge in [-0.15, -0.1) is 0 Å². The molecule has 0 amide bonds. The van der Waals surface area contributed by atoms with Gasteiger partial charge in [0.25, 0.3) is 5.56 Å². The molecular formula is C11H15N3O5. The van der Waals surface area contributed by atoms with Crippen LogP contribution in [0.2, 0.25) is 0 Å². The second-order valence-corrected chi connectivity index (χ2v) is 4.24. The summed E-state index contributed by atoms with van der Waals surface area (Å²) in [5, 5.41) is 12.2. The van der Waals surface area contributed by atoms with Gasteiger partial charge in [0.2, 0.25) is 5.75 Å². The average molecular weight is 269 g/mol. The molecule has 1 aromatic rings. The number of rotatable bonds is 4. The zero-order chi connectivity index (χ0) is 13.9. The van der Waals surface area contributed by atoms with Crippen LogP contribution in [0.3, 0.4) is 0 Å². The minimum atomic E-state index is -1.19. The lowest BCUT2D eigenvalue weighted by Crippen LogP contribution is -2.50. The van der Waals surface area contributed by atoms with Crippen LogP contribution in [0.15, 0.2) is 11.1 Å².